The molecule has 0 fully saturated rings. The second kappa shape index (κ2) is 2.89. The van der Waals surface area contributed by atoms with Crippen LogP contribution in [0, 0.1) is 10.9 Å². The number of halogens is 1. The largest absolute Gasteiger partial charge is 0.282 e. The average molecular weight is 205 g/mol. The summed E-state index contributed by atoms with van der Waals surface area (Å²) in [7, 11) is 0. The Morgan fingerprint density at radius 1 is 1.90 bits per heavy atom. The quantitative estimate of drug-likeness (QED) is 0.259. The van der Waals surface area contributed by atoms with Crippen LogP contribution in [-0.4, -0.2) is 11.9 Å². The average Bonchev–Trinajstić information content (AvgIpc) is 2.34. The minimum Gasteiger partial charge on any atom is -0.282 e. The Balaban J connectivity index is 2.60. The van der Waals surface area contributed by atoms with Crippen molar-refractivity contribution in [2.24, 2.45) is 5.11 Å². The predicted octanol–water partition coefficient (Wildman–Crippen LogP) is 1.13. The second-order valence-electron chi connectivity index (χ2n) is 1.65. The van der Waals surface area contributed by atoms with Crippen LogP contribution in [0.15, 0.2) is 15.8 Å². The molecule has 1 unspecified atom stereocenters. The van der Waals surface area contributed by atoms with Crippen molar-refractivity contribution in [3.8, 4) is 0 Å². The molecular weight excluding hydrogens is 200 g/mol. The Kier molecular flexibility index (Phi) is 2.13. The molecule has 3 N–H and O–H groups in total. The highest BCUT2D eigenvalue weighted by molar-refractivity contribution is 9.11. The lowest BCUT2D eigenvalue weighted by atomic mass is 10.3. The van der Waals surface area contributed by atoms with Gasteiger partial charge >= 0.3 is 0 Å². The van der Waals surface area contributed by atoms with Gasteiger partial charge in [0.25, 0.3) is 0 Å². The van der Waals surface area contributed by atoms with E-state index in [0.29, 0.717) is 4.61 Å². The molecule has 1 aliphatic rings. The lowest BCUT2D eigenvalue weighted by Crippen LogP contribution is -2.18. The number of hydrogen-bond donors (Lipinski definition) is 3. The molecule has 0 radical (unpaired) electrons. The molecule has 54 valence electrons. The maximum atomic E-state index is 7.04. The zero-order valence-electron chi connectivity index (χ0n) is 4.89. The van der Waals surface area contributed by atoms with Crippen molar-refractivity contribution < 1.29 is 4.84 Å². The fourth-order valence-corrected chi connectivity index (χ4v) is 0.853. The zero-order chi connectivity index (χ0) is 7.56. The van der Waals surface area contributed by atoms with Crippen molar-refractivity contribution in [2.45, 2.75) is 6.10 Å². The summed E-state index contributed by atoms with van der Waals surface area (Å²) in [5.41, 5.74) is 8.97. The SMILES string of the molecule is N=NC(=N)C1C=C(Br)NO1. The fraction of sp³-hybridized carbons (Fsp3) is 0.250. The van der Waals surface area contributed by atoms with Crippen LogP contribution in [0.4, 0.5) is 0 Å². The van der Waals surface area contributed by atoms with Crippen molar-refractivity contribution in [3.05, 3.63) is 10.7 Å². The first-order valence-electron chi connectivity index (χ1n) is 2.49. The molecule has 1 atom stereocenters. The molecule has 0 bridgehead atoms. The van der Waals surface area contributed by atoms with Gasteiger partial charge in [-0.05, 0) is 22.0 Å². The van der Waals surface area contributed by atoms with Gasteiger partial charge in [-0.25, -0.2) is 5.53 Å². The van der Waals surface area contributed by atoms with Gasteiger partial charge in [0.15, 0.2) is 11.9 Å². The topological polar surface area (TPSA) is 81.3 Å². The summed E-state index contributed by atoms with van der Waals surface area (Å²) in [6.07, 6.45) is 1.08. The molecule has 0 aromatic heterocycles. The van der Waals surface area contributed by atoms with Gasteiger partial charge in [-0.2, -0.15) is 0 Å². The molecule has 0 amide bonds. The molecule has 0 aromatic carbocycles. The smallest absolute Gasteiger partial charge is 0.178 e. The van der Waals surface area contributed by atoms with Gasteiger partial charge in [-0.1, -0.05) is 0 Å². The van der Waals surface area contributed by atoms with E-state index in [9.17, 15) is 0 Å². The molecule has 1 rings (SSSR count). The number of rotatable bonds is 1. The maximum Gasteiger partial charge on any atom is 0.178 e. The Bertz CT molecular complexity index is 201. The first-order valence-corrected chi connectivity index (χ1v) is 3.28. The Morgan fingerprint density at radius 3 is 3.00 bits per heavy atom. The van der Waals surface area contributed by atoms with Gasteiger partial charge < -0.3 is 0 Å². The summed E-state index contributed by atoms with van der Waals surface area (Å²) < 4.78 is 0.658. The third-order valence-electron chi connectivity index (χ3n) is 0.971. The van der Waals surface area contributed by atoms with Crippen LogP contribution in [0.5, 0.6) is 0 Å². The molecule has 0 saturated heterocycles. The summed E-state index contributed by atoms with van der Waals surface area (Å²) in [6, 6.07) is 0. The standard InChI is InChI=1S/C4H5BrN4O/c5-3-1-2(10-9-3)4(6)8-7/h1-2,6-7,9H. The number of hydrogen-bond acceptors (Lipinski definition) is 4. The molecule has 1 aliphatic heterocycles. The van der Waals surface area contributed by atoms with E-state index in [-0.39, 0.29) is 5.84 Å². The van der Waals surface area contributed by atoms with Gasteiger partial charge in [0.2, 0.25) is 0 Å². The van der Waals surface area contributed by atoms with Gasteiger partial charge in [0.1, 0.15) is 4.61 Å². The number of hydroxylamine groups is 1. The molecule has 0 saturated carbocycles. The molecule has 1 heterocycles. The summed E-state index contributed by atoms with van der Waals surface area (Å²) >= 11 is 3.10. The van der Waals surface area contributed by atoms with E-state index in [1.54, 1.807) is 6.08 Å². The second-order valence-corrected chi connectivity index (χ2v) is 2.51. The van der Waals surface area contributed by atoms with E-state index in [0.717, 1.165) is 0 Å². The third-order valence-corrected chi connectivity index (χ3v) is 1.40. The molecule has 0 spiro atoms. The predicted molar refractivity (Wildman–Crippen MR) is 37.9 cm³/mol. The van der Waals surface area contributed by atoms with Crippen LogP contribution >= 0.6 is 15.9 Å². The van der Waals surface area contributed by atoms with Crippen LogP contribution in [-0.2, 0) is 4.84 Å². The van der Waals surface area contributed by atoms with E-state index >= 15 is 0 Å². The van der Waals surface area contributed by atoms with E-state index in [1.165, 1.54) is 0 Å². The van der Waals surface area contributed by atoms with Gasteiger partial charge in [-0.3, -0.25) is 15.7 Å². The third kappa shape index (κ3) is 1.39. The highest BCUT2D eigenvalue weighted by Gasteiger charge is 2.18. The van der Waals surface area contributed by atoms with E-state index < -0.39 is 6.10 Å². The Morgan fingerprint density at radius 2 is 2.60 bits per heavy atom. The van der Waals surface area contributed by atoms with E-state index in [2.05, 4.69) is 26.5 Å². The normalized spacial score (nSPS) is 23.3. The van der Waals surface area contributed by atoms with Crippen molar-refractivity contribution in [2.75, 3.05) is 0 Å². The molecule has 0 aromatic rings. The molecule has 10 heavy (non-hydrogen) atoms. The van der Waals surface area contributed by atoms with Gasteiger partial charge in [0.05, 0.1) is 0 Å². The first-order chi connectivity index (χ1) is 4.74. The van der Waals surface area contributed by atoms with Crippen LogP contribution in [0.1, 0.15) is 0 Å². The van der Waals surface area contributed by atoms with Crippen molar-refractivity contribution >= 4 is 21.8 Å². The maximum absolute atomic E-state index is 7.04. The molecule has 6 heteroatoms. The minimum absolute atomic E-state index is 0.123. The molecule has 0 aliphatic carbocycles. The monoisotopic (exact) mass is 204 g/mol. The minimum atomic E-state index is -0.535. The van der Waals surface area contributed by atoms with Crippen LogP contribution in [0.2, 0.25) is 0 Å². The van der Waals surface area contributed by atoms with Crippen molar-refractivity contribution in [3.63, 3.8) is 0 Å². The van der Waals surface area contributed by atoms with Crippen molar-refractivity contribution in [1.29, 1.82) is 10.9 Å². The lowest BCUT2D eigenvalue weighted by Gasteiger charge is -2.01. The molecular formula is C4H5BrN4O. The number of nitrogens with one attached hydrogen (secondary N) is 3. The summed E-state index contributed by atoms with van der Waals surface area (Å²) in [6.45, 7) is 0. The van der Waals surface area contributed by atoms with Crippen LogP contribution in [0.3, 0.4) is 0 Å². The summed E-state index contributed by atoms with van der Waals surface area (Å²) in [4.78, 5) is 4.79. The fourth-order valence-electron chi connectivity index (χ4n) is 0.519. The lowest BCUT2D eigenvalue weighted by molar-refractivity contribution is 0.0812. The first kappa shape index (κ1) is 7.36. The van der Waals surface area contributed by atoms with Crippen LogP contribution < -0.4 is 5.48 Å². The van der Waals surface area contributed by atoms with E-state index in [4.69, 9.17) is 15.8 Å². The number of amidine groups is 1. The Hall–Kier alpha value is -0.750. The number of nitrogens with zero attached hydrogens (tertiary/aromatic N) is 1. The van der Waals surface area contributed by atoms with Crippen molar-refractivity contribution in [1.82, 2.24) is 5.48 Å². The highest BCUT2D eigenvalue weighted by Crippen LogP contribution is 2.12. The van der Waals surface area contributed by atoms with Gasteiger partial charge in [-0.15, -0.1) is 5.11 Å². The Labute approximate surface area is 65.5 Å². The highest BCUT2D eigenvalue weighted by atomic mass is 79.9. The summed E-state index contributed by atoms with van der Waals surface area (Å²) in [5.74, 6) is -0.123. The molecule has 5 nitrogen and oxygen atoms in total. The summed E-state index contributed by atoms with van der Waals surface area (Å²) in [5, 5.41) is 9.95. The van der Waals surface area contributed by atoms with Crippen LogP contribution in [0.25, 0.3) is 0 Å². The van der Waals surface area contributed by atoms with Gasteiger partial charge in [0, 0.05) is 0 Å². The zero-order valence-corrected chi connectivity index (χ0v) is 6.47. The van der Waals surface area contributed by atoms with E-state index in [1.807, 2.05) is 0 Å².